The molecule has 0 spiro atoms. The Labute approximate surface area is 181 Å². The van der Waals surface area contributed by atoms with E-state index >= 15 is 0 Å². The molecule has 0 aliphatic heterocycles. The number of carbonyl (C=O) groups is 2. The van der Waals surface area contributed by atoms with Crippen molar-refractivity contribution in [2.75, 3.05) is 5.32 Å². The van der Waals surface area contributed by atoms with Gasteiger partial charge in [-0.15, -0.1) is 11.8 Å². The van der Waals surface area contributed by atoms with Gasteiger partial charge in [0.15, 0.2) is 5.78 Å². The number of anilines is 1. The summed E-state index contributed by atoms with van der Waals surface area (Å²) in [5, 5.41) is 2.88. The molecule has 5 heteroatoms. The first-order valence-electron chi connectivity index (χ1n) is 10.2. The lowest BCUT2D eigenvalue weighted by Gasteiger charge is -2.07. The molecule has 0 fully saturated rings. The molecule has 4 nitrogen and oxygen atoms in total. The number of nitrogens with zero attached hydrogens (tertiary/aromatic N) is 1. The van der Waals surface area contributed by atoms with E-state index in [0.717, 1.165) is 41.2 Å². The first kappa shape index (κ1) is 20.4. The minimum absolute atomic E-state index is 0.0296. The number of Topliss-reactive ketones (excluding diaryl/α,β-unsaturated/α-hetero) is 1. The molecule has 1 N–H and O–H groups in total. The molecule has 1 amide bonds. The van der Waals surface area contributed by atoms with E-state index in [4.69, 9.17) is 0 Å². The van der Waals surface area contributed by atoms with E-state index in [1.807, 2.05) is 48.7 Å². The Kier molecular flexibility index (Phi) is 6.60. The van der Waals surface area contributed by atoms with Gasteiger partial charge in [-0.05, 0) is 72.4 Å². The minimum Gasteiger partial charge on any atom is -0.326 e. The van der Waals surface area contributed by atoms with Crippen LogP contribution in [0.25, 0.3) is 0 Å². The number of amides is 1. The largest absolute Gasteiger partial charge is 0.326 e. The van der Waals surface area contributed by atoms with Gasteiger partial charge in [0.2, 0.25) is 5.91 Å². The normalized spacial score (nSPS) is 12.4. The third-order valence-electron chi connectivity index (χ3n) is 5.27. The van der Waals surface area contributed by atoms with Crippen molar-refractivity contribution in [2.45, 2.75) is 42.8 Å². The molecule has 4 rings (SSSR count). The van der Waals surface area contributed by atoms with Crippen molar-refractivity contribution < 1.29 is 9.59 Å². The summed E-state index contributed by atoms with van der Waals surface area (Å²) in [5.41, 5.74) is 5.28. The highest BCUT2D eigenvalue weighted by atomic mass is 32.2. The Balaban J connectivity index is 1.24. The number of thioether (sulfide) groups is 1. The quantitative estimate of drug-likeness (QED) is 0.391. The van der Waals surface area contributed by atoms with E-state index in [9.17, 15) is 9.59 Å². The van der Waals surface area contributed by atoms with Crippen LogP contribution in [-0.4, -0.2) is 16.7 Å². The number of carbonyl (C=O) groups excluding carboxylic acids is 2. The van der Waals surface area contributed by atoms with Gasteiger partial charge in [-0.25, -0.2) is 0 Å². The standard InChI is InChI=1S/C25H24N2O2S/c28-24(21-7-6-19-4-1-5-20(19)15-21)12-13-25(29)27-22-8-10-23(11-9-22)30-17-18-3-2-14-26-16-18/h2-3,6-11,14-16H,1,4-5,12-13,17H2,(H,27,29). The van der Waals surface area contributed by atoms with Crippen LogP contribution in [0.1, 0.15) is 46.3 Å². The maximum absolute atomic E-state index is 12.4. The van der Waals surface area contributed by atoms with Crippen LogP contribution in [0.3, 0.4) is 0 Å². The van der Waals surface area contributed by atoms with Gasteiger partial charge < -0.3 is 5.32 Å². The number of benzene rings is 2. The van der Waals surface area contributed by atoms with E-state index in [2.05, 4.69) is 22.4 Å². The number of hydrogen-bond donors (Lipinski definition) is 1. The van der Waals surface area contributed by atoms with E-state index in [1.54, 1.807) is 18.0 Å². The van der Waals surface area contributed by atoms with E-state index in [0.29, 0.717) is 0 Å². The first-order valence-corrected chi connectivity index (χ1v) is 11.2. The molecule has 0 unspecified atom stereocenters. The Morgan fingerprint density at radius 1 is 0.967 bits per heavy atom. The molecule has 0 saturated heterocycles. The van der Waals surface area contributed by atoms with Crippen molar-refractivity contribution in [3.05, 3.63) is 89.2 Å². The van der Waals surface area contributed by atoms with Crippen LogP contribution in [0.5, 0.6) is 0 Å². The summed E-state index contributed by atoms with van der Waals surface area (Å²) in [7, 11) is 0. The van der Waals surface area contributed by atoms with Crippen LogP contribution in [0, 0.1) is 0 Å². The van der Waals surface area contributed by atoms with Gasteiger partial charge in [-0.3, -0.25) is 14.6 Å². The number of aryl methyl sites for hydroxylation is 2. The fourth-order valence-corrected chi connectivity index (χ4v) is 4.46. The average Bonchev–Trinajstić information content (AvgIpc) is 3.26. The Bertz CT molecular complexity index is 1030. The summed E-state index contributed by atoms with van der Waals surface area (Å²) in [5.74, 6) is 0.743. The third kappa shape index (κ3) is 5.36. The van der Waals surface area contributed by atoms with Gasteiger partial charge in [-0.1, -0.05) is 18.2 Å². The van der Waals surface area contributed by atoms with E-state index in [1.165, 1.54) is 16.7 Å². The van der Waals surface area contributed by atoms with Crippen molar-refractivity contribution in [2.24, 2.45) is 0 Å². The summed E-state index contributed by atoms with van der Waals surface area (Å²) >= 11 is 1.72. The lowest BCUT2D eigenvalue weighted by atomic mass is 10.0. The molecular formula is C25H24N2O2S. The van der Waals surface area contributed by atoms with Crippen LogP contribution in [-0.2, 0) is 23.4 Å². The van der Waals surface area contributed by atoms with Crippen molar-refractivity contribution in [1.29, 1.82) is 0 Å². The van der Waals surface area contributed by atoms with Gasteiger partial charge in [0.05, 0.1) is 0 Å². The maximum atomic E-state index is 12.4. The molecule has 152 valence electrons. The molecule has 1 heterocycles. The van der Waals surface area contributed by atoms with Crippen molar-refractivity contribution in [1.82, 2.24) is 4.98 Å². The topological polar surface area (TPSA) is 59.1 Å². The number of ketones is 1. The number of nitrogens with one attached hydrogen (secondary N) is 1. The molecule has 1 aromatic heterocycles. The highest BCUT2D eigenvalue weighted by molar-refractivity contribution is 7.98. The monoisotopic (exact) mass is 416 g/mol. The lowest BCUT2D eigenvalue weighted by Crippen LogP contribution is -2.13. The Hall–Kier alpha value is -2.92. The van der Waals surface area contributed by atoms with E-state index < -0.39 is 0 Å². The summed E-state index contributed by atoms with van der Waals surface area (Å²) in [6.45, 7) is 0. The number of hydrogen-bond acceptors (Lipinski definition) is 4. The zero-order valence-corrected chi connectivity index (χ0v) is 17.6. The van der Waals surface area contributed by atoms with E-state index in [-0.39, 0.29) is 24.5 Å². The van der Waals surface area contributed by atoms with Crippen LogP contribution >= 0.6 is 11.8 Å². The van der Waals surface area contributed by atoms with Gasteiger partial charge in [-0.2, -0.15) is 0 Å². The highest BCUT2D eigenvalue weighted by Gasteiger charge is 2.15. The zero-order chi connectivity index (χ0) is 20.8. The molecule has 1 aliphatic rings. The predicted molar refractivity (Wildman–Crippen MR) is 121 cm³/mol. The second-order valence-electron chi connectivity index (χ2n) is 7.48. The Morgan fingerprint density at radius 3 is 2.60 bits per heavy atom. The molecule has 1 aliphatic carbocycles. The van der Waals surface area contributed by atoms with Crippen LogP contribution in [0.2, 0.25) is 0 Å². The number of rotatable bonds is 8. The van der Waals surface area contributed by atoms with Gasteiger partial charge in [0.1, 0.15) is 0 Å². The van der Waals surface area contributed by atoms with Crippen molar-refractivity contribution in [3.8, 4) is 0 Å². The summed E-state index contributed by atoms with van der Waals surface area (Å²) in [6.07, 6.45) is 7.37. The molecule has 0 saturated carbocycles. The van der Waals surface area contributed by atoms with Gasteiger partial charge in [0, 0.05) is 47.1 Å². The fraction of sp³-hybridized carbons (Fsp3) is 0.240. The molecule has 3 aromatic rings. The summed E-state index contributed by atoms with van der Waals surface area (Å²) in [6, 6.07) is 17.7. The third-order valence-corrected chi connectivity index (χ3v) is 6.35. The number of fused-ring (bicyclic) bond motifs is 1. The number of aromatic nitrogens is 1. The second-order valence-corrected chi connectivity index (χ2v) is 8.53. The maximum Gasteiger partial charge on any atom is 0.224 e. The second kappa shape index (κ2) is 9.72. The minimum atomic E-state index is -0.139. The smallest absolute Gasteiger partial charge is 0.224 e. The lowest BCUT2D eigenvalue weighted by molar-refractivity contribution is -0.116. The SMILES string of the molecule is O=C(CCC(=O)c1ccc2c(c1)CCC2)Nc1ccc(SCc2cccnc2)cc1. The predicted octanol–water partition coefficient (Wildman–Crippen LogP) is 5.46. The fourth-order valence-electron chi connectivity index (χ4n) is 3.62. The summed E-state index contributed by atoms with van der Waals surface area (Å²) in [4.78, 5) is 30.0. The highest BCUT2D eigenvalue weighted by Crippen LogP contribution is 2.25. The molecule has 0 atom stereocenters. The van der Waals surface area contributed by atoms with Crippen LogP contribution < -0.4 is 5.32 Å². The molecule has 0 radical (unpaired) electrons. The van der Waals surface area contributed by atoms with Crippen molar-refractivity contribution >= 4 is 29.1 Å². The molecular weight excluding hydrogens is 392 g/mol. The molecule has 30 heavy (non-hydrogen) atoms. The average molecular weight is 417 g/mol. The number of pyridine rings is 1. The zero-order valence-electron chi connectivity index (χ0n) is 16.8. The Morgan fingerprint density at radius 2 is 1.80 bits per heavy atom. The van der Waals surface area contributed by atoms with Crippen LogP contribution in [0.15, 0.2) is 71.9 Å². The van der Waals surface area contributed by atoms with Crippen molar-refractivity contribution in [3.63, 3.8) is 0 Å². The molecule has 2 aromatic carbocycles. The van der Waals surface area contributed by atoms with Gasteiger partial charge in [0.25, 0.3) is 0 Å². The first-order chi connectivity index (χ1) is 14.7. The molecule has 0 bridgehead atoms. The van der Waals surface area contributed by atoms with Crippen LogP contribution in [0.4, 0.5) is 5.69 Å². The van der Waals surface area contributed by atoms with Gasteiger partial charge >= 0.3 is 0 Å². The summed E-state index contributed by atoms with van der Waals surface area (Å²) < 4.78 is 0.